The predicted octanol–water partition coefficient (Wildman–Crippen LogP) is 5.86. The molecule has 0 heterocycles. The lowest BCUT2D eigenvalue weighted by Crippen LogP contribution is -2.07. The van der Waals surface area contributed by atoms with Crippen LogP contribution < -0.4 is 4.74 Å². The molecular formula is C13H5F6N3O. The van der Waals surface area contributed by atoms with Crippen LogP contribution in [0.5, 0.6) is 11.5 Å². The highest BCUT2D eigenvalue weighted by atomic mass is 19.4. The summed E-state index contributed by atoms with van der Waals surface area (Å²) < 4.78 is 82.6. The van der Waals surface area contributed by atoms with Crippen molar-refractivity contribution in [2.24, 2.45) is 5.11 Å². The largest absolute Gasteiger partial charge is 0.451 e. The van der Waals surface area contributed by atoms with Gasteiger partial charge in [0.05, 0.1) is 11.3 Å². The Bertz CT molecular complexity index is 776. The number of alkyl halides is 3. The lowest BCUT2D eigenvalue weighted by Gasteiger charge is -2.12. The Morgan fingerprint density at radius 1 is 0.957 bits per heavy atom. The van der Waals surface area contributed by atoms with Gasteiger partial charge >= 0.3 is 6.18 Å². The van der Waals surface area contributed by atoms with Crippen molar-refractivity contribution in [2.75, 3.05) is 0 Å². The molecule has 0 aliphatic rings. The van der Waals surface area contributed by atoms with Gasteiger partial charge in [-0.1, -0.05) is 5.11 Å². The average Bonchev–Trinajstić information content (AvgIpc) is 2.45. The van der Waals surface area contributed by atoms with Crippen LogP contribution in [0.1, 0.15) is 5.56 Å². The molecule has 0 aliphatic carbocycles. The monoisotopic (exact) mass is 333 g/mol. The fraction of sp³-hybridized carbons (Fsp3) is 0.0769. The minimum atomic E-state index is -4.93. The summed E-state index contributed by atoms with van der Waals surface area (Å²) in [7, 11) is 0. The predicted molar refractivity (Wildman–Crippen MR) is 66.6 cm³/mol. The Kier molecular flexibility index (Phi) is 4.37. The van der Waals surface area contributed by atoms with Crippen LogP contribution in [-0.4, -0.2) is 0 Å². The van der Waals surface area contributed by atoms with E-state index < -0.39 is 40.6 Å². The smallest absolute Gasteiger partial charge is 0.416 e. The second-order valence-corrected chi connectivity index (χ2v) is 4.17. The normalized spacial score (nSPS) is 11.0. The van der Waals surface area contributed by atoms with E-state index in [-0.39, 0.29) is 17.9 Å². The first-order valence-corrected chi connectivity index (χ1v) is 5.81. The second-order valence-electron chi connectivity index (χ2n) is 4.17. The van der Waals surface area contributed by atoms with E-state index in [0.29, 0.717) is 0 Å². The molecule has 0 unspecified atom stereocenters. The molecule has 120 valence electrons. The fourth-order valence-electron chi connectivity index (χ4n) is 1.62. The molecular weight excluding hydrogens is 328 g/mol. The van der Waals surface area contributed by atoms with Crippen molar-refractivity contribution >= 4 is 5.69 Å². The number of hydrogen-bond donors (Lipinski definition) is 0. The molecule has 0 atom stereocenters. The quantitative estimate of drug-likeness (QED) is 0.300. The standard InChI is InChI=1S/C13H5F6N3O/c14-8-2-1-7(5-11(8)21-22-20)23-12-9(15)3-6(4-10(12)16)13(17,18)19/h1-5H. The van der Waals surface area contributed by atoms with Crippen molar-refractivity contribution in [3.8, 4) is 11.5 Å². The Morgan fingerprint density at radius 2 is 1.57 bits per heavy atom. The summed E-state index contributed by atoms with van der Waals surface area (Å²) in [5.41, 5.74) is 6.22. The molecule has 4 nitrogen and oxygen atoms in total. The molecule has 10 heteroatoms. The Labute approximate surface area is 124 Å². The van der Waals surface area contributed by atoms with Crippen LogP contribution in [0.25, 0.3) is 10.4 Å². The first kappa shape index (κ1) is 16.5. The summed E-state index contributed by atoms with van der Waals surface area (Å²) in [6, 6.07) is 2.74. The maximum atomic E-state index is 13.6. The van der Waals surface area contributed by atoms with Crippen molar-refractivity contribution in [1.82, 2.24) is 0 Å². The number of benzene rings is 2. The third-order valence-corrected chi connectivity index (χ3v) is 2.62. The van der Waals surface area contributed by atoms with Crippen LogP contribution in [-0.2, 0) is 6.18 Å². The maximum absolute atomic E-state index is 13.6. The zero-order valence-corrected chi connectivity index (χ0v) is 10.9. The maximum Gasteiger partial charge on any atom is 0.416 e. The van der Waals surface area contributed by atoms with Crippen LogP contribution in [0.2, 0.25) is 0 Å². The molecule has 2 aromatic carbocycles. The zero-order chi connectivity index (χ0) is 17.2. The van der Waals surface area contributed by atoms with E-state index >= 15 is 0 Å². The average molecular weight is 333 g/mol. The van der Waals surface area contributed by atoms with Crippen molar-refractivity contribution in [3.63, 3.8) is 0 Å². The van der Waals surface area contributed by atoms with Gasteiger partial charge in [-0.15, -0.1) is 0 Å². The van der Waals surface area contributed by atoms with Gasteiger partial charge in [-0.3, -0.25) is 0 Å². The van der Waals surface area contributed by atoms with E-state index in [1.54, 1.807) is 0 Å². The Morgan fingerprint density at radius 3 is 2.09 bits per heavy atom. The SMILES string of the molecule is [N-]=[N+]=Nc1cc(Oc2c(F)cc(C(F)(F)F)cc2F)ccc1F. The topological polar surface area (TPSA) is 58.0 Å². The van der Waals surface area contributed by atoms with Crippen LogP contribution in [0.3, 0.4) is 0 Å². The van der Waals surface area contributed by atoms with Gasteiger partial charge in [0.15, 0.2) is 17.4 Å². The van der Waals surface area contributed by atoms with E-state index in [9.17, 15) is 26.3 Å². The number of nitrogens with zero attached hydrogens (tertiary/aromatic N) is 3. The van der Waals surface area contributed by atoms with Crippen molar-refractivity contribution in [1.29, 1.82) is 0 Å². The molecule has 23 heavy (non-hydrogen) atoms. The van der Waals surface area contributed by atoms with Gasteiger partial charge in [0.1, 0.15) is 11.6 Å². The number of hydrogen-bond acceptors (Lipinski definition) is 2. The van der Waals surface area contributed by atoms with Crippen molar-refractivity contribution in [3.05, 3.63) is 63.8 Å². The second kappa shape index (κ2) is 6.09. The summed E-state index contributed by atoms with van der Waals surface area (Å²) >= 11 is 0. The number of azide groups is 1. The van der Waals surface area contributed by atoms with Crippen molar-refractivity contribution in [2.45, 2.75) is 6.18 Å². The first-order chi connectivity index (χ1) is 10.7. The number of ether oxygens (including phenoxy) is 1. The highest BCUT2D eigenvalue weighted by Gasteiger charge is 2.33. The molecule has 0 radical (unpaired) electrons. The minimum absolute atomic E-state index is 0.0658. The highest BCUT2D eigenvalue weighted by Crippen LogP contribution is 2.36. The van der Waals surface area contributed by atoms with Crippen LogP contribution in [0, 0.1) is 17.5 Å². The van der Waals surface area contributed by atoms with E-state index in [2.05, 4.69) is 10.0 Å². The van der Waals surface area contributed by atoms with Gasteiger partial charge in [0.25, 0.3) is 0 Å². The van der Waals surface area contributed by atoms with Crippen molar-refractivity contribution < 1.29 is 31.1 Å². The van der Waals surface area contributed by atoms with Gasteiger partial charge < -0.3 is 4.74 Å². The molecule has 0 N–H and O–H groups in total. The summed E-state index contributed by atoms with van der Waals surface area (Å²) in [6.45, 7) is 0. The van der Waals surface area contributed by atoms with Crippen LogP contribution in [0.15, 0.2) is 35.4 Å². The van der Waals surface area contributed by atoms with Gasteiger partial charge in [0.2, 0.25) is 0 Å². The van der Waals surface area contributed by atoms with Gasteiger partial charge in [-0.25, -0.2) is 13.2 Å². The lowest BCUT2D eigenvalue weighted by atomic mass is 10.2. The van der Waals surface area contributed by atoms with Gasteiger partial charge in [-0.05, 0) is 35.9 Å². The molecule has 0 spiro atoms. The minimum Gasteiger partial charge on any atom is -0.451 e. The molecule has 0 aliphatic heterocycles. The molecule has 0 fully saturated rings. The molecule has 0 saturated carbocycles. The molecule has 2 rings (SSSR count). The fourth-order valence-corrected chi connectivity index (χ4v) is 1.62. The zero-order valence-electron chi connectivity index (χ0n) is 10.9. The third-order valence-electron chi connectivity index (χ3n) is 2.62. The first-order valence-electron chi connectivity index (χ1n) is 5.81. The third kappa shape index (κ3) is 3.67. The summed E-state index contributed by atoms with van der Waals surface area (Å²) in [5, 5.41) is 2.99. The molecule has 0 bridgehead atoms. The van der Waals surface area contributed by atoms with E-state index in [1.807, 2.05) is 0 Å². The van der Waals surface area contributed by atoms with E-state index in [1.165, 1.54) is 0 Å². The Balaban J connectivity index is 2.41. The summed E-state index contributed by atoms with van der Waals surface area (Å²) in [4.78, 5) is 2.34. The summed E-state index contributed by atoms with van der Waals surface area (Å²) in [6.07, 6.45) is -4.93. The van der Waals surface area contributed by atoms with Gasteiger partial charge in [-0.2, -0.15) is 13.2 Å². The van der Waals surface area contributed by atoms with Crippen LogP contribution >= 0.6 is 0 Å². The number of halogens is 6. The molecule has 2 aromatic rings. The Hall–Kier alpha value is -2.87. The van der Waals surface area contributed by atoms with E-state index in [0.717, 1.165) is 18.2 Å². The molecule has 0 saturated heterocycles. The molecule has 0 amide bonds. The summed E-state index contributed by atoms with van der Waals surface area (Å²) in [5.74, 6) is -5.52. The lowest BCUT2D eigenvalue weighted by molar-refractivity contribution is -0.138. The van der Waals surface area contributed by atoms with Gasteiger partial charge in [0, 0.05) is 4.91 Å². The van der Waals surface area contributed by atoms with E-state index in [4.69, 9.17) is 10.3 Å². The van der Waals surface area contributed by atoms with Crippen LogP contribution in [0.4, 0.5) is 32.0 Å². The number of rotatable bonds is 3. The molecule has 0 aromatic heterocycles. The highest BCUT2D eigenvalue weighted by molar-refractivity contribution is 5.46.